The summed E-state index contributed by atoms with van der Waals surface area (Å²) in [5.74, 6) is 0.944. The smallest absolute Gasteiger partial charge is 0.267 e. The summed E-state index contributed by atoms with van der Waals surface area (Å²) in [4.78, 5) is 32.1. The Bertz CT molecular complexity index is 1200. The summed E-state index contributed by atoms with van der Waals surface area (Å²) < 4.78 is 6.48. The second-order valence-corrected chi connectivity index (χ2v) is 6.39. The van der Waals surface area contributed by atoms with E-state index in [1.54, 1.807) is 13.2 Å². The molecule has 0 spiro atoms. The molecular formula is C21H19N5O3. The monoisotopic (exact) mass is 389 g/mol. The highest BCUT2D eigenvalue weighted by Crippen LogP contribution is 2.27. The molecule has 2 aromatic heterocycles. The van der Waals surface area contributed by atoms with Crippen LogP contribution in [0, 0.1) is 0 Å². The van der Waals surface area contributed by atoms with Crippen molar-refractivity contribution >= 4 is 16.9 Å². The summed E-state index contributed by atoms with van der Waals surface area (Å²) in [5, 5.41) is 7.08. The molecule has 29 heavy (non-hydrogen) atoms. The Labute approximate surface area is 166 Å². The van der Waals surface area contributed by atoms with E-state index in [0.29, 0.717) is 17.3 Å². The molecule has 0 aliphatic rings. The zero-order valence-electron chi connectivity index (χ0n) is 15.8. The number of aromatic nitrogens is 4. The van der Waals surface area contributed by atoms with Gasteiger partial charge in [0.15, 0.2) is 0 Å². The summed E-state index contributed by atoms with van der Waals surface area (Å²) in [6.07, 6.45) is 0. The Balaban J connectivity index is 1.48. The number of carbonyl (C=O) groups excluding carboxylic acids is 1. The first-order chi connectivity index (χ1) is 14.1. The predicted molar refractivity (Wildman–Crippen MR) is 108 cm³/mol. The lowest BCUT2D eigenvalue weighted by Gasteiger charge is -2.10. The van der Waals surface area contributed by atoms with Crippen molar-refractivity contribution in [1.29, 1.82) is 0 Å². The van der Waals surface area contributed by atoms with Gasteiger partial charge >= 0.3 is 0 Å². The van der Waals surface area contributed by atoms with Gasteiger partial charge in [-0.1, -0.05) is 24.3 Å². The molecule has 0 aliphatic heterocycles. The number of ether oxygens (including phenoxy) is 1. The van der Waals surface area contributed by atoms with Gasteiger partial charge in [-0.3, -0.25) is 9.59 Å². The number of fused-ring (bicyclic) bond motifs is 1. The maximum Gasteiger partial charge on any atom is 0.267 e. The third-order valence-corrected chi connectivity index (χ3v) is 4.43. The number of hydrogen-bond donors (Lipinski definition) is 2. The first-order valence-electron chi connectivity index (χ1n) is 9.06. The van der Waals surface area contributed by atoms with Gasteiger partial charge in [-0.15, -0.1) is 0 Å². The lowest BCUT2D eigenvalue weighted by molar-refractivity contribution is -0.122. The molecule has 2 heterocycles. The second kappa shape index (κ2) is 7.97. The van der Waals surface area contributed by atoms with E-state index < -0.39 is 0 Å². The van der Waals surface area contributed by atoms with Crippen LogP contribution in [0.25, 0.3) is 22.3 Å². The zero-order chi connectivity index (χ0) is 20.2. The first-order valence-corrected chi connectivity index (χ1v) is 9.06. The minimum absolute atomic E-state index is 0.192. The van der Waals surface area contributed by atoms with E-state index in [-0.39, 0.29) is 24.6 Å². The average molecular weight is 389 g/mol. The van der Waals surface area contributed by atoms with Crippen molar-refractivity contribution in [2.45, 2.75) is 13.1 Å². The number of amides is 1. The SMILES string of the molecule is COc1ccccc1-c1ccc(=O)n(CC(=O)NCc2nc3ccccc3[nH]2)n1. The van der Waals surface area contributed by atoms with E-state index in [2.05, 4.69) is 20.4 Å². The van der Waals surface area contributed by atoms with Crippen LogP contribution in [0.2, 0.25) is 0 Å². The van der Waals surface area contributed by atoms with Crippen molar-refractivity contribution in [3.05, 3.63) is 76.8 Å². The summed E-state index contributed by atoms with van der Waals surface area (Å²) in [6.45, 7) is 0.0382. The number of nitrogens with one attached hydrogen (secondary N) is 2. The summed E-state index contributed by atoms with van der Waals surface area (Å²) in [5.41, 5.74) is 2.67. The largest absolute Gasteiger partial charge is 0.496 e. The number of hydrogen-bond acceptors (Lipinski definition) is 5. The molecule has 0 atom stereocenters. The van der Waals surface area contributed by atoms with Gasteiger partial charge in [0.1, 0.15) is 18.1 Å². The molecule has 8 nitrogen and oxygen atoms in total. The standard InChI is InChI=1S/C21H19N5O3/c1-29-18-9-5-2-6-14(18)15-10-11-21(28)26(25-15)13-20(27)22-12-19-23-16-7-3-4-8-17(16)24-19/h2-11H,12-13H2,1H3,(H,22,27)(H,23,24). The third-order valence-electron chi connectivity index (χ3n) is 4.43. The Morgan fingerprint density at radius 1 is 1.10 bits per heavy atom. The number of imidazole rings is 1. The maximum atomic E-state index is 12.3. The topological polar surface area (TPSA) is 102 Å². The van der Waals surface area contributed by atoms with Crippen LogP contribution in [-0.4, -0.2) is 32.8 Å². The molecule has 0 aliphatic carbocycles. The van der Waals surface area contributed by atoms with Crippen LogP contribution in [-0.2, 0) is 17.9 Å². The van der Waals surface area contributed by atoms with Gasteiger partial charge in [0, 0.05) is 11.6 Å². The van der Waals surface area contributed by atoms with Crippen molar-refractivity contribution in [3.8, 4) is 17.0 Å². The summed E-state index contributed by atoms with van der Waals surface area (Å²) in [7, 11) is 1.57. The van der Waals surface area contributed by atoms with Gasteiger partial charge in [0.2, 0.25) is 5.91 Å². The molecule has 8 heteroatoms. The Morgan fingerprint density at radius 3 is 2.72 bits per heavy atom. The quantitative estimate of drug-likeness (QED) is 0.526. The predicted octanol–water partition coefficient (Wildman–Crippen LogP) is 2.11. The third kappa shape index (κ3) is 4.01. The maximum absolute atomic E-state index is 12.3. The molecule has 1 amide bonds. The molecular weight excluding hydrogens is 370 g/mol. The number of aromatic amines is 1. The van der Waals surface area contributed by atoms with Gasteiger partial charge in [-0.2, -0.15) is 5.10 Å². The molecule has 4 rings (SSSR count). The molecule has 2 N–H and O–H groups in total. The van der Waals surface area contributed by atoms with Gasteiger partial charge in [-0.05, 0) is 30.3 Å². The molecule has 0 unspecified atom stereocenters. The number of rotatable bonds is 6. The molecule has 0 bridgehead atoms. The van der Waals surface area contributed by atoms with Crippen molar-refractivity contribution in [1.82, 2.24) is 25.1 Å². The second-order valence-electron chi connectivity index (χ2n) is 6.39. The van der Waals surface area contributed by atoms with Crippen LogP contribution >= 0.6 is 0 Å². The molecule has 4 aromatic rings. The van der Waals surface area contributed by atoms with E-state index >= 15 is 0 Å². The highest BCUT2D eigenvalue weighted by molar-refractivity contribution is 5.77. The van der Waals surface area contributed by atoms with Crippen molar-refractivity contribution < 1.29 is 9.53 Å². The van der Waals surface area contributed by atoms with Crippen molar-refractivity contribution in [2.75, 3.05) is 7.11 Å². The number of nitrogens with zero attached hydrogens (tertiary/aromatic N) is 3. The molecule has 0 fully saturated rings. The average Bonchev–Trinajstić information content (AvgIpc) is 3.17. The number of para-hydroxylation sites is 3. The molecule has 0 saturated heterocycles. The van der Waals surface area contributed by atoms with Crippen molar-refractivity contribution in [2.24, 2.45) is 0 Å². The Morgan fingerprint density at radius 2 is 1.90 bits per heavy atom. The molecule has 0 radical (unpaired) electrons. The van der Waals surface area contributed by atoms with Crippen molar-refractivity contribution in [3.63, 3.8) is 0 Å². The Hall–Kier alpha value is -3.94. The number of carbonyl (C=O) groups is 1. The van der Waals surface area contributed by atoms with Crippen LogP contribution in [0.3, 0.4) is 0 Å². The molecule has 2 aromatic carbocycles. The van der Waals surface area contributed by atoms with Gasteiger partial charge < -0.3 is 15.0 Å². The fourth-order valence-corrected chi connectivity index (χ4v) is 3.03. The van der Waals surface area contributed by atoms with Crippen LogP contribution < -0.4 is 15.6 Å². The number of methoxy groups -OCH3 is 1. The van der Waals surface area contributed by atoms with Crippen LogP contribution in [0.4, 0.5) is 0 Å². The number of H-pyrrole nitrogens is 1. The van der Waals surface area contributed by atoms with E-state index in [0.717, 1.165) is 21.3 Å². The fourth-order valence-electron chi connectivity index (χ4n) is 3.03. The zero-order valence-corrected chi connectivity index (χ0v) is 15.8. The highest BCUT2D eigenvalue weighted by atomic mass is 16.5. The first kappa shape index (κ1) is 18.4. The molecule has 146 valence electrons. The minimum atomic E-state index is -0.359. The van der Waals surface area contributed by atoms with E-state index in [4.69, 9.17) is 4.74 Å². The summed E-state index contributed by atoms with van der Waals surface area (Å²) >= 11 is 0. The van der Waals surface area contributed by atoms with Crippen LogP contribution in [0.1, 0.15) is 5.82 Å². The van der Waals surface area contributed by atoms with E-state index in [1.807, 2.05) is 48.5 Å². The summed E-state index contributed by atoms with van der Waals surface area (Å²) in [6, 6.07) is 18.0. The van der Waals surface area contributed by atoms with Gasteiger partial charge in [0.05, 0.1) is 30.4 Å². The van der Waals surface area contributed by atoms with Crippen LogP contribution in [0.15, 0.2) is 65.5 Å². The van der Waals surface area contributed by atoms with E-state index in [1.165, 1.54) is 6.07 Å². The lowest BCUT2D eigenvalue weighted by Crippen LogP contribution is -2.33. The lowest BCUT2D eigenvalue weighted by atomic mass is 10.1. The molecule has 0 saturated carbocycles. The Kier molecular flexibility index (Phi) is 5.07. The van der Waals surface area contributed by atoms with Gasteiger partial charge in [-0.25, -0.2) is 9.67 Å². The normalized spacial score (nSPS) is 10.8. The highest BCUT2D eigenvalue weighted by Gasteiger charge is 2.11. The van der Waals surface area contributed by atoms with Crippen LogP contribution in [0.5, 0.6) is 5.75 Å². The fraction of sp³-hybridized carbons (Fsp3) is 0.143. The minimum Gasteiger partial charge on any atom is -0.496 e. The van der Waals surface area contributed by atoms with Gasteiger partial charge in [0.25, 0.3) is 5.56 Å². The van der Waals surface area contributed by atoms with E-state index in [9.17, 15) is 9.59 Å². The number of benzene rings is 2.